The topological polar surface area (TPSA) is 70.7 Å². The number of rotatable bonds is 9. The number of morpholine rings is 1. The highest BCUT2D eigenvalue weighted by Crippen LogP contribution is 2.21. The molecule has 33 heavy (non-hydrogen) atoms. The minimum absolute atomic E-state index is 0.212. The molecule has 178 valence electrons. The number of nitrogens with zero attached hydrogens (tertiary/aromatic N) is 1. The molecule has 1 unspecified atom stereocenters. The Labute approximate surface area is 205 Å². The predicted molar refractivity (Wildman–Crippen MR) is 133 cm³/mol. The molecule has 0 saturated carbocycles. The maximum absolute atomic E-state index is 13.0. The van der Waals surface area contributed by atoms with E-state index in [9.17, 15) is 9.59 Å². The van der Waals surface area contributed by atoms with Gasteiger partial charge in [0, 0.05) is 30.3 Å². The molecule has 1 aliphatic rings. The number of carbonyl (C=O) groups is 2. The number of carbonyl (C=O) groups excluding carboxylic acids is 2. The lowest BCUT2D eigenvalue weighted by molar-refractivity contribution is -0.118. The molecule has 0 spiro atoms. The van der Waals surface area contributed by atoms with Gasteiger partial charge in [0.15, 0.2) is 0 Å². The summed E-state index contributed by atoms with van der Waals surface area (Å²) < 4.78 is 5.39. The molecular formula is C25H31Cl2N3O3. The minimum atomic E-state index is -0.690. The summed E-state index contributed by atoms with van der Waals surface area (Å²) in [7, 11) is 0. The Morgan fingerprint density at radius 1 is 1.06 bits per heavy atom. The fourth-order valence-corrected chi connectivity index (χ4v) is 4.20. The van der Waals surface area contributed by atoms with Crippen LogP contribution in [-0.2, 0) is 16.0 Å². The van der Waals surface area contributed by atoms with Gasteiger partial charge in [0.05, 0.1) is 23.8 Å². The first-order valence-corrected chi connectivity index (χ1v) is 12.0. The van der Waals surface area contributed by atoms with Crippen molar-refractivity contribution in [3.05, 3.63) is 63.6 Å². The number of benzene rings is 2. The van der Waals surface area contributed by atoms with Crippen LogP contribution in [0.3, 0.4) is 0 Å². The monoisotopic (exact) mass is 491 g/mol. The standard InChI is InChI=1S/C25H31Cl2N3O3/c1-17(2)15-23(29-24(31)21-8-5-19(26)16-22(21)27)25(32)28-20-6-3-18(4-7-20)9-10-30-11-13-33-14-12-30/h3-8,16-17,23H,9-15H2,1-2H3,(H,28,32)(H,29,31). The van der Waals surface area contributed by atoms with Crippen molar-refractivity contribution in [2.75, 3.05) is 38.2 Å². The number of nitrogens with one attached hydrogen (secondary N) is 2. The lowest BCUT2D eigenvalue weighted by atomic mass is 10.0. The highest BCUT2D eigenvalue weighted by atomic mass is 35.5. The zero-order valence-corrected chi connectivity index (χ0v) is 20.6. The van der Waals surface area contributed by atoms with E-state index in [1.807, 2.05) is 38.1 Å². The van der Waals surface area contributed by atoms with Crippen LogP contribution in [0.2, 0.25) is 10.0 Å². The molecule has 0 aliphatic carbocycles. The molecule has 6 nitrogen and oxygen atoms in total. The average Bonchev–Trinajstić information content (AvgIpc) is 2.78. The van der Waals surface area contributed by atoms with E-state index in [4.69, 9.17) is 27.9 Å². The molecule has 3 rings (SSSR count). The normalized spacial score (nSPS) is 15.3. The maximum Gasteiger partial charge on any atom is 0.253 e. The Bertz CT molecular complexity index is 944. The van der Waals surface area contributed by atoms with Gasteiger partial charge in [-0.15, -0.1) is 0 Å². The van der Waals surface area contributed by atoms with Gasteiger partial charge < -0.3 is 15.4 Å². The zero-order valence-electron chi connectivity index (χ0n) is 19.1. The first-order chi connectivity index (χ1) is 15.8. The molecule has 0 bridgehead atoms. The average molecular weight is 492 g/mol. The third kappa shape index (κ3) is 8.00. The van der Waals surface area contributed by atoms with E-state index >= 15 is 0 Å². The van der Waals surface area contributed by atoms with E-state index in [1.54, 1.807) is 12.1 Å². The predicted octanol–water partition coefficient (Wildman–Crippen LogP) is 4.65. The third-order valence-corrected chi connectivity index (χ3v) is 6.09. The fraction of sp³-hybridized carbons (Fsp3) is 0.440. The molecule has 8 heteroatoms. The van der Waals surface area contributed by atoms with Crippen molar-refractivity contribution in [2.45, 2.75) is 32.7 Å². The SMILES string of the molecule is CC(C)CC(NC(=O)c1ccc(Cl)cc1Cl)C(=O)Nc1ccc(CCN2CCOCC2)cc1. The van der Waals surface area contributed by atoms with Gasteiger partial charge in [-0.1, -0.05) is 49.2 Å². The molecule has 2 aromatic rings. The van der Waals surface area contributed by atoms with E-state index < -0.39 is 11.9 Å². The summed E-state index contributed by atoms with van der Waals surface area (Å²) in [5.41, 5.74) is 2.19. The van der Waals surface area contributed by atoms with Crippen molar-refractivity contribution in [3.63, 3.8) is 0 Å². The lowest BCUT2D eigenvalue weighted by Gasteiger charge is -2.26. The van der Waals surface area contributed by atoms with Crippen LogP contribution in [0, 0.1) is 5.92 Å². The number of amides is 2. The lowest BCUT2D eigenvalue weighted by Crippen LogP contribution is -2.44. The summed E-state index contributed by atoms with van der Waals surface area (Å²) in [6.07, 6.45) is 1.45. The molecule has 2 aromatic carbocycles. The zero-order chi connectivity index (χ0) is 23.8. The largest absolute Gasteiger partial charge is 0.379 e. The summed E-state index contributed by atoms with van der Waals surface area (Å²) in [5.74, 6) is -0.455. The first-order valence-electron chi connectivity index (χ1n) is 11.3. The van der Waals surface area contributed by atoms with Crippen molar-refractivity contribution in [1.82, 2.24) is 10.2 Å². The van der Waals surface area contributed by atoms with Crippen LogP contribution in [0.25, 0.3) is 0 Å². The second-order valence-electron chi connectivity index (χ2n) is 8.67. The molecule has 1 fully saturated rings. The van der Waals surface area contributed by atoms with Crippen LogP contribution in [-0.4, -0.2) is 55.6 Å². The van der Waals surface area contributed by atoms with Gasteiger partial charge in [0.25, 0.3) is 5.91 Å². The molecule has 1 saturated heterocycles. The van der Waals surface area contributed by atoms with Gasteiger partial charge in [0.2, 0.25) is 5.91 Å². The molecule has 0 radical (unpaired) electrons. The van der Waals surface area contributed by atoms with Gasteiger partial charge >= 0.3 is 0 Å². The first kappa shape index (κ1) is 25.5. The second-order valence-corrected chi connectivity index (χ2v) is 9.51. The van der Waals surface area contributed by atoms with Crippen molar-refractivity contribution in [3.8, 4) is 0 Å². The Morgan fingerprint density at radius 2 is 1.76 bits per heavy atom. The molecule has 1 atom stereocenters. The van der Waals surface area contributed by atoms with Crippen LogP contribution >= 0.6 is 23.2 Å². The number of hydrogen-bond donors (Lipinski definition) is 2. The number of ether oxygens (including phenoxy) is 1. The van der Waals surface area contributed by atoms with Crippen LogP contribution in [0.15, 0.2) is 42.5 Å². The van der Waals surface area contributed by atoms with Crippen molar-refractivity contribution >= 4 is 40.7 Å². The van der Waals surface area contributed by atoms with Gasteiger partial charge in [-0.25, -0.2) is 0 Å². The van der Waals surface area contributed by atoms with Crippen LogP contribution < -0.4 is 10.6 Å². The molecule has 2 amide bonds. The summed E-state index contributed by atoms with van der Waals surface area (Å²) in [4.78, 5) is 28.1. The van der Waals surface area contributed by atoms with Crippen LogP contribution in [0.5, 0.6) is 0 Å². The smallest absolute Gasteiger partial charge is 0.253 e. The van der Waals surface area contributed by atoms with E-state index in [2.05, 4.69) is 15.5 Å². The minimum Gasteiger partial charge on any atom is -0.379 e. The Kier molecular flexibility index (Phi) is 9.56. The molecular weight excluding hydrogens is 461 g/mol. The molecule has 1 aliphatic heterocycles. The Morgan fingerprint density at radius 3 is 2.39 bits per heavy atom. The van der Waals surface area contributed by atoms with Crippen LogP contribution in [0.1, 0.15) is 36.2 Å². The van der Waals surface area contributed by atoms with Crippen molar-refractivity contribution < 1.29 is 14.3 Å². The van der Waals surface area contributed by atoms with E-state index in [1.165, 1.54) is 11.6 Å². The Balaban J connectivity index is 1.59. The van der Waals surface area contributed by atoms with Gasteiger partial charge in [-0.05, 0) is 54.7 Å². The molecule has 0 aromatic heterocycles. The third-order valence-electron chi connectivity index (χ3n) is 5.55. The number of halogens is 2. The summed E-state index contributed by atoms with van der Waals surface area (Å²) in [5, 5.41) is 6.44. The van der Waals surface area contributed by atoms with E-state index in [0.717, 1.165) is 39.3 Å². The Hall–Kier alpha value is -2.12. The summed E-state index contributed by atoms with van der Waals surface area (Å²) in [6, 6.07) is 11.8. The van der Waals surface area contributed by atoms with Gasteiger partial charge in [-0.3, -0.25) is 14.5 Å². The summed E-state index contributed by atoms with van der Waals surface area (Å²) in [6.45, 7) is 8.53. The van der Waals surface area contributed by atoms with Crippen LogP contribution in [0.4, 0.5) is 5.69 Å². The maximum atomic E-state index is 13.0. The quantitative estimate of drug-likeness (QED) is 0.535. The number of hydrogen-bond acceptors (Lipinski definition) is 4. The highest BCUT2D eigenvalue weighted by molar-refractivity contribution is 6.36. The summed E-state index contributed by atoms with van der Waals surface area (Å²) >= 11 is 12.1. The molecule has 2 N–H and O–H groups in total. The molecule has 1 heterocycles. The van der Waals surface area contributed by atoms with Gasteiger partial charge in [-0.2, -0.15) is 0 Å². The van der Waals surface area contributed by atoms with Gasteiger partial charge in [0.1, 0.15) is 6.04 Å². The van der Waals surface area contributed by atoms with Crippen molar-refractivity contribution in [2.24, 2.45) is 5.92 Å². The fourth-order valence-electron chi connectivity index (χ4n) is 3.71. The second kappa shape index (κ2) is 12.4. The van der Waals surface area contributed by atoms with E-state index in [0.29, 0.717) is 17.1 Å². The van der Waals surface area contributed by atoms with Crippen molar-refractivity contribution in [1.29, 1.82) is 0 Å². The number of anilines is 1. The van der Waals surface area contributed by atoms with E-state index in [-0.39, 0.29) is 22.4 Å². The highest BCUT2D eigenvalue weighted by Gasteiger charge is 2.24.